The van der Waals surface area contributed by atoms with E-state index in [4.69, 9.17) is 0 Å². The van der Waals surface area contributed by atoms with Gasteiger partial charge in [0.2, 0.25) is 11.8 Å². The minimum Gasteiger partial charge on any atom is -0.326 e. The number of hydrogen-bond donors (Lipinski definition) is 2. The first-order chi connectivity index (χ1) is 10.8. The van der Waals surface area contributed by atoms with Crippen molar-refractivity contribution >= 4 is 23.2 Å². The number of aryl methyl sites for hydroxylation is 1. The van der Waals surface area contributed by atoms with Gasteiger partial charge in [0.05, 0.1) is 6.54 Å². The highest BCUT2D eigenvalue weighted by Gasteiger charge is 2.10. The first kappa shape index (κ1) is 19.2. The van der Waals surface area contributed by atoms with Crippen LogP contribution in [0.3, 0.4) is 0 Å². The Morgan fingerprint density at radius 3 is 2.26 bits per heavy atom. The minimum atomic E-state index is -0.0200. The van der Waals surface area contributed by atoms with Gasteiger partial charge in [-0.05, 0) is 49.7 Å². The average molecular weight is 319 g/mol. The number of nitrogens with zero attached hydrogens (tertiary/aromatic N) is 1. The van der Waals surface area contributed by atoms with Gasteiger partial charge in [0, 0.05) is 17.8 Å². The molecule has 5 nitrogen and oxygen atoms in total. The van der Waals surface area contributed by atoms with Crippen molar-refractivity contribution in [3.63, 3.8) is 0 Å². The molecule has 0 fully saturated rings. The molecule has 0 unspecified atom stereocenters. The van der Waals surface area contributed by atoms with Crippen LogP contribution in [-0.4, -0.2) is 36.3 Å². The maximum atomic E-state index is 12.1. The molecular weight excluding hydrogens is 290 g/mol. The lowest BCUT2D eigenvalue weighted by Gasteiger charge is -2.18. The molecule has 5 heteroatoms. The van der Waals surface area contributed by atoms with Crippen molar-refractivity contribution in [1.82, 2.24) is 4.90 Å². The van der Waals surface area contributed by atoms with Crippen molar-refractivity contribution in [3.05, 3.63) is 23.8 Å². The zero-order valence-corrected chi connectivity index (χ0v) is 14.9. The summed E-state index contributed by atoms with van der Waals surface area (Å²) in [5.41, 5.74) is 2.47. The second kappa shape index (κ2) is 9.30. The molecule has 0 saturated carbocycles. The Bertz CT molecular complexity index is 537. The maximum absolute atomic E-state index is 12.1. The van der Waals surface area contributed by atoms with E-state index < -0.39 is 0 Å². The van der Waals surface area contributed by atoms with Gasteiger partial charge < -0.3 is 10.6 Å². The first-order valence-corrected chi connectivity index (χ1v) is 8.28. The average Bonchev–Trinajstić information content (AvgIpc) is 2.46. The van der Waals surface area contributed by atoms with Gasteiger partial charge in [-0.25, -0.2) is 0 Å². The highest BCUT2D eigenvalue weighted by molar-refractivity contribution is 5.94. The molecule has 0 atom stereocenters. The molecule has 2 N–H and O–H groups in total. The smallest absolute Gasteiger partial charge is 0.238 e. The molecule has 0 spiro atoms. The summed E-state index contributed by atoms with van der Waals surface area (Å²) in [5, 5.41) is 5.81. The van der Waals surface area contributed by atoms with E-state index in [-0.39, 0.29) is 11.8 Å². The van der Waals surface area contributed by atoms with E-state index in [9.17, 15) is 9.59 Å². The second-order valence-electron chi connectivity index (χ2n) is 6.19. The third kappa shape index (κ3) is 6.82. The van der Waals surface area contributed by atoms with Crippen LogP contribution in [0.1, 0.15) is 39.7 Å². The lowest BCUT2D eigenvalue weighted by Crippen LogP contribution is -2.33. The summed E-state index contributed by atoms with van der Waals surface area (Å²) in [7, 11) is 0. The fraction of sp³-hybridized carbons (Fsp3) is 0.556. The van der Waals surface area contributed by atoms with Crippen LogP contribution in [0.5, 0.6) is 0 Å². The number of hydrogen-bond acceptors (Lipinski definition) is 3. The topological polar surface area (TPSA) is 61.4 Å². The summed E-state index contributed by atoms with van der Waals surface area (Å²) < 4.78 is 0. The Morgan fingerprint density at radius 2 is 1.74 bits per heavy atom. The number of amides is 2. The highest BCUT2D eigenvalue weighted by atomic mass is 16.2. The molecular formula is C18H29N3O2. The third-order valence-corrected chi connectivity index (χ3v) is 3.64. The van der Waals surface area contributed by atoms with E-state index in [2.05, 4.69) is 15.5 Å². The Balaban J connectivity index is 2.65. The van der Waals surface area contributed by atoms with Crippen molar-refractivity contribution in [2.75, 3.05) is 30.3 Å². The molecule has 2 amide bonds. The van der Waals surface area contributed by atoms with Crippen molar-refractivity contribution in [3.8, 4) is 0 Å². The number of nitrogens with one attached hydrogen (secondary N) is 2. The van der Waals surface area contributed by atoms with E-state index in [1.165, 1.54) is 0 Å². The predicted molar refractivity (Wildman–Crippen MR) is 95.7 cm³/mol. The Hall–Kier alpha value is -1.88. The molecule has 1 aromatic carbocycles. The Morgan fingerprint density at radius 1 is 1.09 bits per heavy atom. The lowest BCUT2D eigenvalue weighted by molar-refractivity contribution is -0.117. The SMILES string of the molecule is CCN(CC)CC(=O)Nc1ccc(NC(=O)CC(C)C)cc1C. The summed E-state index contributed by atoms with van der Waals surface area (Å²) in [6.45, 7) is 12.1. The van der Waals surface area contributed by atoms with Crippen molar-refractivity contribution in [1.29, 1.82) is 0 Å². The van der Waals surface area contributed by atoms with Gasteiger partial charge in [-0.15, -0.1) is 0 Å². The number of rotatable bonds is 8. The molecule has 128 valence electrons. The molecule has 0 aliphatic carbocycles. The largest absolute Gasteiger partial charge is 0.326 e. The Kier molecular flexibility index (Phi) is 7.75. The molecule has 1 aromatic rings. The fourth-order valence-corrected chi connectivity index (χ4v) is 2.30. The van der Waals surface area contributed by atoms with E-state index in [0.29, 0.717) is 18.9 Å². The minimum absolute atomic E-state index is 0.0118. The summed E-state index contributed by atoms with van der Waals surface area (Å²) in [6.07, 6.45) is 0.501. The zero-order chi connectivity index (χ0) is 17.4. The summed E-state index contributed by atoms with van der Waals surface area (Å²) >= 11 is 0. The lowest BCUT2D eigenvalue weighted by atomic mass is 10.1. The van der Waals surface area contributed by atoms with Gasteiger partial charge in [-0.2, -0.15) is 0 Å². The highest BCUT2D eigenvalue weighted by Crippen LogP contribution is 2.20. The number of benzene rings is 1. The third-order valence-electron chi connectivity index (χ3n) is 3.64. The van der Waals surface area contributed by atoms with E-state index in [0.717, 1.165) is 30.0 Å². The number of anilines is 2. The first-order valence-electron chi connectivity index (χ1n) is 8.28. The van der Waals surface area contributed by atoms with Crippen LogP contribution in [-0.2, 0) is 9.59 Å². The monoisotopic (exact) mass is 319 g/mol. The standard InChI is InChI=1S/C18H29N3O2/c1-6-21(7-2)12-18(23)20-16-9-8-15(11-14(16)5)19-17(22)10-13(3)4/h8-9,11,13H,6-7,10,12H2,1-5H3,(H,19,22)(H,20,23). The van der Waals surface area contributed by atoms with Crippen molar-refractivity contribution in [2.45, 2.75) is 41.0 Å². The van der Waals surface area contributed by atoms with Crippen LogP contribution in [0.2, 0.25) is 0 Å². The normalized spacial score (nSPS) is 10.9. The van der Waals surface area contributed by atoms with Gasteiger partial charge in [-0.1, -0.05) is 27.7 Å². The van der Waals surface area contributed by atoms with Crippen LogP contribution < -0.4 is 10.6 Å². The quantitative estimate of drug-likeness (QED) is 0.773. The van der Waals surface area contributed by atoms with E-state index in [1.807, 2.05) is 52.8 Å². The Labute approximate surface area is 139 Å². The fourth-order valence-electron chi connectivity index (χ4n) is 2.30. The van der Waals surface area contributed by atoms with E-state index >= 15 is 0 Å². The van der Waals surface area contributed by atoms with Gasteiger partial charge in [0.15, 0.2) is 0 Å². The number of likely N-dealkylation sites (N-methyl/N-ethyl adjacent to an activating group) is 1. The molecule has 23 heavy (non-hydrogen) atoms. The van der Waals surface area contributed by atoms with Crippen molar-refractivity contribution in [2.24, 2.45) is 5.92 Å². The molecule has 1 rings (SSSR count). The van der Waals surface area contributed by atoms with Gasteiger partial charge >= 0.3 is 0 Å². The molecule has 0 aliphatic rings. The summed E-state index contributed by atoms with van der Waals surface area (Å²) in [5.74, 6) is 0.320. The van der Waals surface area contributed by atoms with Crippen LogP contribution in [0.25, 0.3) is 0 Å². The predicted octanol–water partition coefficient (Wildman–Crippen LogP) is 3.26. The number of carbonyl (C=O) groups is 2. The van der Waals surface area contributed by atoms with Gasteiger partial charge in [-0.3, -0.25) is 14.5 Å². The van der Waals surface area contributed by atoms with Crippen molar-refractivity contribution < 1.29 is 9.59 Å². The molecule has 0 saturated heterocycles. The van der Waals surface area contributed by atoms with E-state index in [1.54, 1.807) is 0 Å². The van der Waals surface area contributed by atoms with Crippen LogP contribution in [0.15, 0.2) is 18.2 Å². The van der Waals surface area contributed by atoms with Gasteiger partial charge in [0.25, 0.3) is 0 Å². The molecule has 0 aliphatic heterocycles. The summed E-state index contributed by atoms with van der Waals surface area (Å²) in [6, 6.07) is 5.53. The molecule has 0 heterocycles. The van der Waals surface area contributed by atoms with Crippen LogP contribution >= 0.6 is 0 Å². The second-order valence-corrected chi connectivity index (χ2v) is 6.19. The molecule has 0 bridgehead atoms. The number of carbonyl (C=O) groups excluding carboxylic acids is 2. The van der Waals surface area contributed by atoms with Gasteiger partial charge in [0.1, 0.15) is 0 Å². The zero-order valence-electron chi connectivity index (χ0n) is 14.9. The molecule has 0 aromatic heterocycles. The summed E-state index contributed by atoms with van der Waals surface area (Å²) in [4.78, 5) is 25.9. The van der Waals surface area contributed by atoms with Crippen LogP contribution in [0, 0.1) is 12.8 Å². The molecule has 0 radical (unpaired) electrons. The maximum Gasteiger partial charge on any atom is 0.238 e. The van der Waals surface area contributed by atoms with Crippen LogP contribution in [0.4, 0.5) is 11.4 Å².